The quantitative estimate of drug-likeness (QED) is 0.905. The van der Waals surface area contributed by atoms with Crippen molar-refractivity contribution in [2.75, 3.05) is 19.7 Å². The van der Waals surface area contributed by atoms with Gasteiger partial charge in [0.25, 0.3) is 0 Å². The first-order valence-electron chi connectivity index (χ1n) is 7.69. The second-order valence-corrected chi connectivity index (χ2v) is 5.96. The maximum Gasteiger partial charge on any atom is 0.335 e. The SMILES string of the molecule is CC(C)C1CN(C(=O)CCc2ccccc2C(=O)O)CCO1. The van der Waals surface area contributed by atoms with Crippen LogP contribution < -0.4 is 0 Å². The topological polar surface area (TPSA) is 66.8 Å². The molecule has 0 saturated carbocycles. The first-order valence-corrected chi connectivity index (χ1v) is 7.69. The molecular weight excluding hydrogens is 282 g/mol. The molecule has 1 N–H and O–H groups in total. The number of aryl methyl sites for hydroxylation is 1. The molecule has 120 valence electrons. The fraction of sp³-hybridized carbons (Fsp3) is 0.529. The van der Waals surface area contributed by atoms with Gasteiger partial charge in [0.15, 0.2) is 0 Å². The number of hydrogen-bond acceptors (Lipinski definition) is 3. The van der Waals surface area contributed by atoms with Gasteiger partial charge in [0.2, 0.25) is 5.91 Å². The van der Waals surface area contributed by atoms with E-state index < -0.39 is 5.97 Å². The molecule has 0 aromatic heterocycles. The van der Waals surface area contributed by atoms with E-state index in [1.807, 2.05) is 4.90 Å². The van der Waals surface area contributed by atoms with Crippen molar-refractivity contribution < 1.29 is 19.4 Å². The van der Waals surface area contributed by atoms with Crippen molar-refractivity contribution in [2.24, 2.45) is 5.92 Å². The molecule has 5 heteroatoms. The molecule has 0 bridgehead atoms. The van der Waals surface area contributed by atoms with Gasteiger partial charge in [-0.05, 0) is 24.0 Å². The first kappa shape index (κ1) is 16.5. The summed E-state index contributed by atoms with van der Waals surface area (Å²) in [6, 6.07) is 6.85. The van der Waals surface area contributed by atoms with E-state index in [1.165, 1.54) is 0 Å². The Morgan fingerprint density at radius 1 is 1.36 bits per heavy atom. The molecule has 1 saturated heterocycles. The van der Waals surface area contributed by atoms with Crippen molar-refractivity contribution in [3.8, 4) is 0 Å². The predicted molar refractivity (Wildman–Crippen MR) is 82.9 cm³/mol. The Kier molecular flexibility index (Phi) is 5.55. The molecule has 22 heavy (non-hydrogen) atoms. The highest BCUT2D eigenvalue weighted by Crippen LogP contribution is 2.16. The third kappa shape index (κ3) is 4.07. The number of aromatic carboxylic acids is 1. The number of carbonyl (C=O) groups is 2. The molecule has 1 aromatic rings. The Morgan fingerprint density at radius 2 is 2.09 bits per heavy atom. The van der Waals surface area contributed by atoms with E-state index in [0.717, 1.165) is 0 Å². The average molecular weight is 305 g/mol. The standard InChI is InChI=1S/C17H23NO4/c1-12(2)15-11-18(9-10-22-15)16(19)8-7-13-5-3-4-6-14(13)17(20)21/h3-6,12,15H,7-11H2,1-2H3,(H,20,21). The highest BCUT2D eigenvalue weighted by Gasteiger charge is 2.26. The zero-order valence-corrected chi connectivity index (χ0v) is 13.1. The molecule has 0 radical (unpaired) electrons. The van der Waals surface area contributed by atoms with Crippen molar-refractivity contribution in [1.29, 1.82) is 0 Å². The van der Waals surface area contributed by atoms with Gasteiger partial charge >= 0.3 is 5.97 Å². The van der Waals surface area contributed by atoms with Crippen molar-refractivity contribution in [1.82, 2.24) is 4.90 Å². The van der Waals surface area contributed by atoms with Crippen LogP contribution in [0.25, 0.3) is 0 Å². The molecule has 5 nitrogen and oxygen atoms in total. The van der Waals surface area contributed by atoms with Crippen LogP contribution in [0, 0.1) is 5.92 Å². The molecule has 1 heterocycles. The third-order valence-electron chi connectivity index (χ3n) is 4.05. The molecule has 1 aliphatic rings. The van der Waals surface area contributed by atoms with E-state index in [-0.39, 0.29) is 17.6 Å². The summed E-state index contributed by atoms with van der Waals surface area (Å²) in [6.45, 7) is 5.98. The van der Waals surface area contributed by atoms with Crippen LogP contribution in [0.4, 0.5) is 0 Å². The van der Waals surface area contributed by atoms with Crippen molar-refractivity contribution in [3.05, 3.63) is 35.4 Å². The van der Waals surface area contributed by atoms with Gasteiger partial charge in [-0.2, -0.15) is 0 Å². The van der Waals surface area contributed by atoms with E-state index in [9.17, 15) is 9.59 Å². The lowest BCUT2D eigenvalue weighted by Gasteiger charge is -2.35. The molecule has 1 unspecified atom stereocenters. The minimum atomic E-state index is -0.950. The normalized spacial score (nSPS) is 18.5. The minimum Gasteiger partial charge on any atom is -0.478 e. The molecule has 1 fully saturated rings. The van der Waals surface area contributed by atoms with Crippen LogP contribution in [0.2, 0.25) is 0 Å². The monoisotopic (exact) mass is 305 g/mol. The van der Waals surface area contributed by atoms with Crippen molar-refractivity contribution in [3.63, 3.8) is 0 Å². The number of morpholine rings is 1. The van der Waals surface area contributed by atoms with Gasteiger partial charge in [-0.1, -0.05) is 32.0 Å². The zero-order chi connectivity index (χ0) is 16.1. The van der Waals surface area contributed by atoms with Crippen LogP contribution >= 0.6 is 0 Å². The number of carboxylic acid groups (broad SMARTS) is 1. The maximum atomic E-state index is 12.3. The predicted octanol–water partition coefficient (Wildman–Crippen LogP) is 2.20. The summed E-state index contributed by atoms with van der Waals surface area (Å²) in [5.41, 5.74) is 0.981. The average Bonchev–Trinajstić information content (AvgIpc) is 2.52. The number of amides is 1. The van der Waals surface area contributed by atoms with E-state index in [1.54, 1.807) is 24.3 Å². The number of hydrogen-bond donors (Lipinski definition) is 1. The molecule has 0 aliphatic carbocycles. The fourth-order valence-electron chi connectivity index (χ4n) is 2.65. The summed E-state index contributed by atoms with van der Waals surface area (Å²) in [6.07, 6.45) is 0.865. The first-order chi connectivity index (χ1) is 10.5. The van der Waals surface area contributed by atoms with E-state index in [4.69, 9.17) is 9.84 Å². The third-order valence-corrected chi connectivity index (χ3v) is 4.05. The number of benzene rings is 1. The van der Waals surface area contributed by atoms with Gasteiger partial charge in [0, 0.05) is 19.5 Å². The fourth-order valence-corrected chi connectivity index (χ4v) is 2.65. The number of carbonyl (C=O) groups excluding carboxylic acids is 1. The summed E-state index contributed by atoms with van der Waals surface area (Å²) >= 11 is 0. The second-order valence-electron chi connectivity index (χ2n) is 5.96. The summed E-state index contributed by atoms with van der Waals surface area (Å²) < 4.78 is 5.66. The number of nitrogens with zero attached hydrogens (tertiary/aromatic N) is 1. The van der Waals surface area contributed by atoms with E-state index >= 15 is 0 Å². The number of rotatable bonds is 5. The Hall–Kier alpha value is -1.88. The lowest BCUT2D eigenvalue weighted by molar-refractivity contribution is -0.140. The molecule has 1 amide bonds. The molecule has 0 spiro atoms. The van der Waals surface area contributed by atoms with Crippen LogP contribution in [0.1, 0.15) is 36.2 Å². The Balaban J connectivity index is 1.94. The van der Waals surface area contributed by atoms with Gasteiger partial charge in [0.1, 0.15) is 0 Å². The van der Waals surface area contributed by atoms with Crippen molar-refractivity contribution >= 4 is 11.9 Å². The largest absolute Gasteiger partial charge is 0.478 e. The van der Waals surface area contributed by atoms with E-state index in [0.29, 0.717) is 44.0 Å². The highest BCUT2D eigenvalue weighted by molar-refractivity contribution is 5.89. The lowest BCUT2D eigenvalue weighted by atomic mass is 10.0. The number of carboxylic acids is 1. The summed E-state index contributed by atoms with van der Waals surface area (Å²) in [5.74, 6) is -0.508. The zero-order valence-electron chi connectivity index (χ0n) is 13.1. The highest BCUT2D eigenvalue weighted by atomic mass is 16.5. The minimum absolute atomic E-state index is 0.0640. The smallest absolute Gasteiger partial charge is 0.335 e. The Morgan fingerprint density at radius 3 is 2.77 bits per heavy atom. The van der Waals surface area contributed by atoms with E-state index in [2.05, 4.69) is 13.8 Å². The van der Waals surface area contributed by atoms with Gasteiger partial charge in [0.05, 0.1) is 18.3 Å². The Labute approximate surface area is 130 Å². The van der Waals surface area contributed by atoms with Gasteiger partial charge in [-0.25, -0.2) is 4.79 Å². The maximum absolute atomic E-state index is 12.3. The molecule has 1 aromatic carbocycles. The number of ether oxygens (including phenoxy) is 1. The van der Waals surface area contributed by atoms with Gasteiger partial charge in [-0.15, -0.1) is 0 Å². The second kappa shape index (κ2) is 7.40. The molecular formula is C17H23NO4. The van der Waals surface area contributed by atoms with Crippen LogP contribution in [-0.4, -0.2) is 47.7 Å². The summed E-state index contributed by atoms with van der Waals surface area (Å²) in [7, 11) is 0. The molecule has 2 rings (SSSR count). The summed E-state index contributed by atoms with van der Waals surface area (Å²) in [5, 5.41) is 9.16. The molecule has 1 aliphatic heterocycles. The lowest BCUT2D eigenvalue weighted by Crippen LogP contribution is -2.47. The van der Waals surface area contributed by atoms with Gasteiger partial charge < -0.3 is 14.7 Å². The van der Waals surface area contributed by atoms with Crippen LogP contribution in [0.15, 0.2) is 24.3 Å². The summed E-state index contributed by atoms with van der Waals surface area (Å²) in [4.78, 5) is 25.3. The van der Waals surface area contributed by atoms with Crippen LogP contribution in [-0.2, 0) is 16.0 Å². The van der Waals surface area contributed by atoms with Crippen LogP contribution in [0.3, 0.4) is 0 Å². The van der Waals surface area contributed by atoms with Gasteiger partial charge in [-0.3, -0.25) is 4.79 Å². The Bertz CT molecular complexity index is 541. The van der Waals surface area contributed by atoms with Crippen molar-refractivity contribution in [2.45, 2.75) is 32.8 Å². The molecule has 1 atom stereocenters. The van der Waals surface area contributed by atoms with Crippen LogP contribution in [0.5, 0.6) is 0 Å².